The highest BCUT2D eigenvalue weighted by atomic mass is 35.5. The molecule has 1 aromatic heterocycles. The standard InChI is InChI=1S/C20H19ClN4O/c21-17-8-6-15(7-9-17)10-12-22-20-23-13-11-18(25-20)19(26)24-14-16-4-2-1-3-5-16/h1-9,11,13H,10,12,14H2,(H,24,26)(H,22,23,25). The number of rotatable bonds is 7. The van der Waals surface area contributed by atoms with Gasteiger partial charge in [0.2, 0.25) is 5.95 Å². The fraction of sp³-hybridized carbons (Fsp3) is 0.150. The summed E-state index contributed by atoms with van der Waals surface area (Å²) < 4.78 is 0. The van der Waals surface area contributed by atoms with Gasteiger partial charge in [-0.2, -0.15) is 0 Å². The molecular weight excluding hydrogens is 348 g/mol. The van der Waals surface area contributed by atoms with Crippen molar-refractivity contribution in [2.75, 3.05) is 11.9 Å². The maximum Gasteiger partial charge on any atom is 0.270 e. The summed E-state index contributed by atoms with van der Waals surface area (Å²) >= 11 is 5.88. The number of carbonyl (C=O) groups is 1. The molecule has 0 saturated carbocycles. The Labute approximate surface area is 157 Å². The lowest BCUT2D eigenvalue weighted by Gasteiger charge is -2.08. The second-order valence-electron chi connectivity index (χ2n) is 5.74. The van der Waals surface area contributed by atoms with Crippen molar-refractivity contribution in [1.82, 2.24) is 15.3 Å². The van der Waals surface area contributed by atoms with E-state index in [-0.39, 0.29) is 5.91 Å². The molecule has 2 aromatic carbocycles. The van der Waals surface area contributed by atoms with Gasteiger partial charge in [-0.05, 0) is 35.7 Å². The van der Waals surface area contributed by atoms with Crippen LogP contribution in [-0.4, -0.2) is 22.4 Å². The minimum absolute atomic E-state index is 0.225. The average molecular weight is 367 g/mol. The largest absolute Gasteiger partial charge is 0.354 e. The number of hydrogen-bond donors (Lipinski definition) is 2. The van der Waals surface area contributed by atoms with E-state index in [4.69, 9.17) is 11.6 Å². The van der Waals surface area contributed by atoms with Crippen LogP contribution in [0.3, 0.4) is 0 Å². The first kappa shape index (κ1) is 17.9. The lowest BCUT2D eigenvalue weighted by atomic mass is 10.1. The smallest absolute Gasteiger partial charge is 0.270 e. The predicted octanol–water partition coefficient (Wildman–Crippen LogP) is 3.71. The van der Waals surface area contributed by atoms with Crippen molar-refractivity contribution >= 4 is 23.5 Å². The summed E-state index contributed by atoms with van der Waals surface area (Å²) in [6.07, 6.45) is 2.39. The van der Waals surface area contributed by atoms with E-state index in [1.54, 1.807) is 12.3 Å². The Morgan fingerprint density at radius 1 is 0.962 bits per heavy atom. The molecule has 1 amide bonds. The molecule has 0 radical (unpaired) electrons. The van der Waals surface area contributed by atoms with E-state index in [1.807, 2.05) is 54.6 Å². The van der Waals surface area contributed by atoms with Gasteiger partial charge in [0.1, 0.15) is 5.69 Å². The molecule has 0 aliphatic rings. The Balaban J connectivity index is 1.52. The molecule has 0 fully saturated rings. The lowest BCUT2D eigenvalue weighted by molar-refractivity contribution is 0.0946. The normalized spacial score (nSPS) is 10.3. The minimum Gasteiger partial charge on any atom is -0.354 e. The molecule has 132 valence electrons. The number of carbonyl (C=O) groups excluding carboxylic acids is 1. The van der Waals surface area contributed by atoms with Crippen molar-refractivity contribution in [2.24, 2.45) is 0 Å². The van der Waals surface area contributed by atoms with Crippen molar-refractivity contribution in [2.45, 2.75) is 13.0 Å². The van der Waals surface area contributed by atoms with Crippen molar-refractivity contribution < 1.29 is 4.79 Å². The van der Waals surface area contributed by atoms with Crippen molar-refractivity contribution in [3.8, 4) is 0 Å². The van der Waals surface area contributed by atoms with Crippen molar-refractivity contribution in [3.05, 3.63) is 88.7 Å². The summed E-state index contributed by atoms with van der Waals surface area (Å²) in [5, 5.41) is 6.72. The van der Waals surface area contributed by atoms with Crippen LogP contribution in [-0.2, 0) is 13.0 Å². The zero-order valence-corrected chi connectivity index (χ0v) is 14.9. The van der Waals surface area contributed by atoms with E-state index in [9.17, 15) is 4.79 Å². The van der Waals surface area contributed by atoms with Crippen LogP contribution in [0, 0.1) is 0 Å². The Hall–Kier alpha value is -2.92. The molecule has 2 N–H and O–H groups in total. The number of nitrogens with one attached hydrogen (secondary N) is 2. The Morgan fingerprint density at radius 2 is 1.73 bits per heavy atom. The highest BCUT2D eigenvalue weighted by molar-refractivity contribution is 6.30. The molecular formula is C20H19ClN4O. The molecule has 0 bridgehead atoms. The van der Waals surface area contributed by atoms with E-state index in [2.05, 4.69) is 20.6 Å². The number of hydrogen-bond acceptors (Lipinski definition) is 4. The molecule has 0 atom stereocenters. The quantitative estimate of drug-likeness (QED) is 0.668. The van der Waals surface area contributed by atoms with Crippen LogP contribution in [0.4, 0.5) is 5.95 Å². The summed E-state index contributed by atoms with van der Waals surface area (Å²) in [6, 6.07) is 19.0. The van der Waals surface area contributed by atoms with E-state index in [1.165, 1.54) is 5.56 Å². The Morgan fingerprint density at radius 3 is 2.50 bits per heavy atom. The summed E-state index contributed by atoms with van der Waals surface area (Å²) in [6.45, 7) is 1.12. The molecule has 1 heterocycles. The summed E-state index contributed by atoms with van der Waals surface area (Å²) in [5.41, 5.74) is 2.54. The molecule has 0 unspecified atom stereocenters. The molecule has 6 heteroatoms. The number of aromatic nitrogens is 2. The van der Waals surface area contributed by atoms with Gasteiger partial charge >= 0.3 is 0 Å². The van der Waals surface area contributed by atoms with Crippen LogP contribution >= 0.6 is 11.6 Å². The van der Waals surface area contributed by atoms with Crippen molar-refractivity contribution in [3.63, 3.8) is 0 Å². The summed E-state index contributed by atoms with van der Waals surface area (Å²) in [7, 11) is 0. The number of benzene rings is 2. The molecule has 3 aromatic rings. The van der Waals surface area contributed by atoms with Gasteiger partial charge in [-0.3, -0.25) is 4.79 Å². The monoisotopic (exact) mass is 366 g/mol. The zero-order chi connectivity index (χ0) is 18.2. The van der Waals surface area contributed by atoms with Crippen LogP contribution in [0.1, 0.15) is 21.6 Å². The number of amides is 1. The van der Waals surface area contributed by atoms with Gasteiger partial charge in [-0.25, -0.2) is 9.97 Å². The van der Waals surface area contributed by atoms with E-state index in [0.29, 0.717) is 24.7 Å². The van der Waals surface area contributed by atoms with E-state index >= 15 is 0 Å². The van der Waals surface area contributed by atoms with Gasteiger partial charge in [-0.1, -0.05) is 54.1 Å². The first-order chi connectivity index (χ1) is 12.7. The molecule has 0 saturated heterocycles. The van der Waals surface area contributed by atoms with Crippen LogP contribution in [0.25, 0.3) is 0 Å². The first-order valence-electron chi connectivity index (χ1n) is 8.34. The van der Waals surface area contributed by atoms with Gasteiger partial charge in [0.05, 0.1) is 0 Å². The minimum atomic E-state index is -0.225. The van der Waals surface area contributed by atoms with Crippen LogP contribution in [0.5, 0.6) is 0 Å². The zero-order valence-electron chi connectivity index (χ0n) is 14.2. The van der Waals surface area contributed by atoms with E-state index in [0.717, 1.165) is 17.0 Å². The number of halogens is 1. The van der Waals surface area contributed by atoms with Crippen LogP contribution in [0.15, 0.2) is 66.9 Å². The van der Waals surface area contributed by atoms with Crippen LogP contribution in [0.2, 0.25) is 5.02 Å². The van der Waals surface area contributed by atoms with E-state index < -0.39 is 0 Å². The average Bonchev–Trinajstić information content (AvgIpc) is 2.69. The third kappa shape index (κ3) is 5.29. The maximum atomic E-state index is 12.3. The van der Waals surface area contributed by atoms with Gasteiger partial charge in [0, 0.05) is 24.3 Å². The van der Waals surface area contributed by atoms with Gasteiger partial charge in [0.25, 0.3) is 5.91 Å². The molecule has 3 rings (SSSR count). The molecule has 0 aliphatic heterocycles. The third-order valence-corrected chi connectivity index (χ3v) is 4.05. The van der Waals surface area contributed by atoms with Crippen molar-refractivity contribution in [1.29, 1.82) is 0 Å². The highest BCUT2D eigenvalue weighted by Gasteiger charge is 2.08. The molecule has 0 aliphatic carbocycles. The molecule has 26 heavy (non-hydrogen) atoms. The number of nitrogens with zero attached hydrogens (tertiary/aromatic N) is 2. The third-order valence-electron chi connectivity index (χ3n) is 3.79. The number of anilines is 1. The Kier molecular flexibility index (Phi) is 6.17. The molecule has 0 spiro atoms. The van der Waals surface area contributed by atoms with Crippen LogP contribution < -0.4 is 10.6 Å². The maximum absolute atomic E-state index is 12.3. The Bertz CT molecular complexity index is 853. The lowest BCUT2D eigenvalue weighted by Crippen LogP contribution is -2.24. The topological polar surface area (TPSA) is 66.9 Å². The fourth-order valence-corrected chi connectivity index (χ4v) is 2.53. The molecule has 5 nitrogen and oxygen atoms in total. The second kappa shape index (κ2) is 8.97. The summed E-state index contributed by atoms with van der Waals surface area (Å²) in [4.78, 5) is 20.7. The summed E-state index contributed by atoms with van der Waals surface area (Å²) in [5.74, 6) is 0.211. The predicted molar refractivity (Wildman–Crippen MR) is 103 cm³/mol. The SMILES string of the molecule is O=C(NCc1ccccc1)c1ccnc(NCCc2ccc(Cl)cc2)n1. The first-order valence-corrected chi connectivity index (χ1v) is 8.72. The highest BCUT2D eigenvalue weighted by Crippen LogP contribution is 2.10. The van der Waals surface area contributed by atoms with Gasteiger partial charge in [0.15, 0.2) is 0 Å². The van der Waals surface area contributed by atoms with Gasteiger partial charge < -0.3 is 10.6 Å². The van der Waals surface area contributed by atoms with Gasteiger partial charge in [-0.15, -0.1) is 0 Å². The second-order valence-corrected chi connectivity index (χ2v) is 6.17. The fourth-order valence-electron chi connectivity index (χ4n) is 2.41.